The maximum atomic E-state index is 12.1. The first-order chi connectivity index (χ1) is 11.8. The number of carbonyl (C=O) groups is 1. The van der Waals surface area contributed by atoms with Gasteiger partial charge in [0.25, 0.3) is 0 Å². The number of aliphatic hydroxyl groups excluding tert-OH is 1. The predicted molar refractivity (Wildman–Crippen MR) is 102 cm³/mol. The van der Waals surface area contributed by atoms with Crippen molar-refractivity contribution in [1.29, 1.82) is 0 Å². The first-order valence-electron chi connectivity index (χ1n) is 10.2. The highest BCUT2D eigenvalue weighted by Crippen LogP contribution is 2.72. The van der Waals surface area contributed by atoms with Crippen LogP contribution in [0.4, 0.5) is 0 Å². The van der Waals surface area contributed by atoms with Gasteiger partial charge in [0.1, 0.15) is 0 Å². The molecule has 5 rings (SSSR count). The first kappa shape index (κ1) is 18.2. The second-order valence-corrected chi connectivity index (χ2v) is 11.0. The van der Waals surface area contributed by atoms with Crippen LogP contribution in [0.5, 0.6) is 0 Å². The Hall–Kier alpha value is -0.220. The van der Waals surface area contributed by atoms with Crippen molar-refractivity contribution in [2.24, 2.45) is 39.9 Å². The standard InChI is InChI=1S/C21H34O3S/c1-19-7-4-8-20(2,18(23)24)15(19)6-10-21-9-5-13(11-16(19)21)14(12-25-3)17(21)22/h13-17,22H,4-12H2,1-3H3,(H,23,24)/t13-,14-,15-,16-,17+,19+,20+,21-/m0/s1. The van der Waals surface area contributed by atoms with Gasteiger partial charge in [0.2, 0.25) is 0 Å². The maximum absolute atomic E-state index is 12.1. The third-order valence-electron chi connectivity index (χ3n) is 9.33. The van der Waals surface area contributed by atoms with Crippen LogP contribution in [-0.2, 0) is 4.79 Å². The quantitative estimate of drug-likeness (QED) is 0.775. The summed E-state index contributed by atoms with van der Waals surface area (Å²) in [6.07, 6.45) is 10.7. The lowest BCUT2D eigenvalue weighted by Crippen LogP contribution is -2.67. The Morgan fingerprint density at radius 2 is 1.84 bits per heavy atom. The van der Waals surface area contributed by atoms with Crippen molar-refractivity contribution in [1.82, 2.24) is 0 Å². The highest BCUT2D eigenvalue weighted by Gasteiger charge is 2.68. The zero-order valence-corrected chi connectivity index (χ0v) is 16.8. The van der Waals surface area contributed by atoms with Crippen molar-refractivity contribution in [2.75, 3.05) is 12.0 Å². The molecule has 1 spiro atoms. The van der Waals surface area contributed by atoms with Gasteiger partial charge in [-0.3, -0.25) is 4.79 Å². The Balaban J connectivity index is 1.72. The second kappa shape index (κ2) is 5.89. The summed E-state index contributed by atoms with van der Waals surface area (Å²) in [6, 6.07) is 0. The molecule has 2 N–H and O–H groups in total. The van der Waals surface area contributed by atoms with Gasteiger partial charge in [-0.05, 0) is 98.4 Å². The van der Waals surface area contributed by atoms with E-state index in [9.17, 15) is 15.0 Å². The van der Waals surface area contributed by atoms with Gasteiger partial charge >= 0.3 is 5.97 Å². The van der Waals surface area contributed by atoms with Crippen molar-refractivity contribution in [3.05, 3.63) is 0 Å². The summed E-state index contributed by atoms with van der Waals surface area (Å²) in [5.74, 6) is 2.36. The lowest BCUT2D eigenvalue weighted by atomic mass is 9.35. The molecule has 0 saturated heterocycles. The molecule has 5 aliphatic carbocycles. The summed E-state index contributed by atoms with van der Waals surface area (Å²) < 4.78 is 0. The largest absolute Gasteiger partial charge is 0.481 e. The number of aliphatic carboxylic acids is 1. The zero-order chi connectivity index (χ0) is 18.0. The molecule has 5 fully saturated rings. The Morgan fingerprint density at radius 3 is 2.52 bits per heavy atom. The van der Waals surface area contributed by atoms with E-state index in [1.807, 2.05) is 18.7 Å². The third kappa shape index (κ3) is 2.25. The molecule has 25 heavy (non-hydrogen) atoms. The van der Waals surface area contributed by atoms with E-state index in [1.54, 1.807) is 0 Å². The van der Waals surface area contributed by atoms with Crippen molar-refractivity contribution < 1.29 is 15.0 Å². The molecule has 0 aromatic heterocycles. The molecule has 3 nitrogen and oxygen atoms in total. The fourth-order valence-corrected chi connectivity index (χ4v) is 8.99. The Kier molecular flexibility index (Phi) is 4.28. The van der Waals surface area contributed by atoms with Crippen LogP contribution < -0.4 is 0 Å². The molecule has 8 atom stereocenters. The lowest BCUT2D eigenvalue weighted by Gasteiger charge is -2.70. The molecule has 2 bridgehead atoms. The van der Waals surface area contributed by atoms with Crippen LogP contribution in [0.1, 0.15) is 65.2 Å². The molecule has 0 heterocycles. The molecule has 0 amide bonds. The van der Waals surface area contributed by atoms with E-state index in [0.717, 1.165) is 37.9 Å². The van der Waals surface area contributed by atoms with Gasteiger partial charge in [0.05, 0.1) is 11.5 Å². The molecular formula is C21H34O3S. The van der Waals surface area contributed by atoms with E-state index in [2.05, 4.69) is 13.2 Å². The number of carboxylic acid groups (broad SMARTS) is 1. The highest BCUT2D eigenvalue weighted by molar-refractivity contribution is 7.98. The molecule has 142 valence electrons. The fraction of sp³-hybridized carbons (Fsp3) is 0.952. The van der Waals surface area contributed by atoms with E-state index in [1.165, 1.54) is 19.3 Å². The summed E-state index contributed by atoms with van der Waals surface area (Å²) >= 11 is 1.88. The van der Waals surface area contributed by atoms with Crippen LogP contribution in [0.2, 0.25) is 0 Å². The van der Waals surface area contributed by atoms with Crippen molar-refractivity contribution in [2.45, 2.75) is 71.3 Å². The van der Waals surface area contributed by atoms with Crippen molar-refractivity contribution >= 4 is 17.7 Å². The number of fused-ring (bicyclic) bond motifs is 3. The number of hydrogen-bond acceptors (Lipinski definition) is 3. The first-order valence-corrected chi connectivity index (χ1v) is 11.6. The minimum atomic E-state index is -0.596. The van der Waals surface area contributed by atoms with Gasteiger partial charge in [-0.2, -0.15) is 11.8 Å². The zero-order valence-electron chi connectivity index (χ0n) is 16.0. The SMILES string of the molecule is CSC[C@H]1[C@H]2CC[C@@]3(CC[C@H]4[C@@](C)(CCC[C@@]4(C)C(=O)O)[C@@H]3C2)[C@@H]1O. The van der Waals surface area contributed by atoms with Crippen LogP contribution in [0.25, 0.3) is 0 Å². The molecule has 0 aliphatic heterocycles. The smallest absolute Gasteiger partial charge is 0.309 e. The molecular weight excluding hydrogens is 332 g/mol. The lowest BCUT2D eigenvalue weighted by molar-refractivity contribution is -0.241. The summed E-state index contributed by atoms with van der Waals surface area (Å²) in [7, 11) is 0. The number of thioether (sulfide) groups is 1. The molecule has 0 aromatic rings. The molecule has 4 heteroatoms. The van der Waals surface area contributed by atoms with E-state index < -0.39 is 11.4 Å². The number of carboxylic acids is 1. The molecule has 5 aliphatic rings. The topological polar surface area (TPSA) is 57.5 Å². The summed E-state index contributed by atoms with van der Waals surface area (Å²) in [4.78, 5) is 12.1. The van der Waals surface area contributed by atoms with Crippen LogP contribution in [0, 0.1) is 39.9 Å². The van der Waals surface area contributed by atoms with Crippen LogP contribution in [0.15, 0.2) is 0 Å². The van der Waals surface area contributed by atoms with Gasteiger partial charge < -0.3 is 10.2 Å². The van der Waals surface area contributed by atoms with E-state index in [4.69, 9.17) is 0 Å². The van der Waals surface area contributed by atoms with Gasteiger partial charge in [0.15, 0.2) is 0 Å². The van der Waals surface area contributed by atoms with Crippen molar-refractivity contribution in [3.63, 3.8) is 0 Å². The molecule has 0 aromatic carbocycles. The fourth-order valence-electron chi connectivity index (χ4n) is 8.15. The Morgan fingerprint density at radius 1 is 1.12 bits per heavy atom. The minimum Gasteiger partial charge on any atom is -0.481 e. The highest BCUT2D eigenvalue weighted by atomic mass is 32.2. The van der Waals surface area contributed by atoms with E-state index >= 15 is 0 Å². The normalized spacial score (nSPS) is 54.6. The predicted octanol–water partition coefficient (Wildman–Crippen LogP) is 4.43. The number of rotatable bonds is 3. The van der Waals surface area contributed by atoms with Gasteiger partial charge in [-0.25, -0.2) is 0 Å². The van der Waals surface area contributed by atoms with Crippen LogP contribution in [0.3, 0.4) is 0 Å². The van der Waals surface area contributed by atoms with Gasteiger partial charge in [0, 0.05) is 0 Å². The maximum Gasteiger partial charge on any atom is 0.309 e. The summed E-state index contributed by atoms with van der Waals surface area (Å²) in [5.41, 5.74) is -0.417. The van der Waals surface area contributed by atoms with Crippen LogP contribution in [-0.4, -0.2) is 34.3 Å². The number of hydrogen-bond donors (Lipinski definition) is 2. The summed E-state index contributed by atoms with van der Waals surface area (Å²) in [5, 5.41) is 21.4. The average Bonchev–Trinajstić information content (AvgIpc) is 2.57. The van der Waals surface area contributed by atoms with Gasteiger partial charge in [-0.1, -0.05) is 13.3 Å². The average molecular weight is 367 g/mol. The van der Waals surface area contributed by atoms with E-state index in [0.29, 0.717) is 17.8 Å². The third-order valence-corrected chi connectivity index (χ3v) is 10.1. The Labute approximate surface area is 156 Å². The molecule has 0 unspecified atom stereocenters. The monoisotopic (exact) mass is 366 g/mol. The van der Waals surface area contributed by atoms with Gasteiger partial charge in [-0.15, -0.1) is 0 Å². The number of aliphatic hydroxyl groups is 1. The van der Waals surface area contributed by atoms with Crippen molar-refractivity contribution in [3.8, 4) is 0 Å². The molecule has 5 saturated carbocycles. The van der Waals surface area contributed by atoms with E-state index in [-0.39, 0.29) is 22.9 Å². The second-order valence-electron chi connectivity index (χ2n) is 10.1. The Bertz CT molecular complexity index is 565. The van der Waals surface area contributed by atoms with Crippen LogP contribution >= 0.6 is 11.8 Å². The molecule has 0 radical (unpaired) electrons. The summed E-state index contributed by atoms with van der Waals surface area (Å²) in [6.45, 7) is 4.39. The minimum absolute atomic E-state index is 0.0666.